The highest BCUT2D eigenvalue weighted by atomic mass is 16.6. The summed E-state index contributed by atoms with van der Waals surface area (Å²) in [5.74, 6) is -2.72. The molecule has 84 valence electrons. The molecule has 0 aromatic rings. The number of carbonyl (C=O) groups is 2. The fourth-order valence-corrected chi connectivity index (χ4v) is 0.941. The molecule has 5 nitrogen and oxygen atoms in total. The van der Waals surface area contributed by atoms with Crippen LogP contribution in [0.5, 0.6) is 0 Å². The van der Waals surface area contributed by atoms with Crippen LogP contribution in [0.2, 0.25) is 0 Å². The van der Waals surface area contributed by atoms with E-state index in [-0.39, 0.29) is 12.8 Å². The average molecular weight is 213 g/mol. The molecule has 0 aliphatic heterocycles. The lowest BCUT2D eigenvalue weighted by molar-refractivity contribution is -0.159. The normalized spacial score (nSPS) is 12.7. The maximum absolute atomic E-state index is 11.3. The van der Waals surface area contributed by atoms with E-state index in [9.17, 15) is 9.59 Å². The van der Waals surface area contributed by atoms with Gasteiger partial charge in [-0.05, 0) is 20.8 Å². The minimum Gasteiger partial charge on any atom is -0.481 e. The molecule has 0 amide bonds. The smallest absolute Gasteiger partial charge is 0.308 e. The van der Waals surface area contributed by atoms with Crippen molar-refractivity contribution >= 4 is 11.9 Å². The Balaban J connectivity index is 4.25. The van der Waals surface area contributed by atoms with Crippen molar-refractivity contribution in [2.75, 3.05) is 0 Å². The highest BCUT2D eigenvalue weighted by Gasteiger charge is 2.24. The summed E-state index contributed by atoms with van der Waals surface area (Å²) in [5, 5.41) is 17.1. The summed E-state index contributed by atoms with van der Waals surface area (Å²) in [4.78, 5) is 21.9. The Morgan fingerprint density at radius 1 is 1.47 bits per heavy atom. The van der Waals surface area contributed by atoms with E-state index in [1.807, 2.05) is 0 Å². The molecule has 1 atom stereocenters. The van der Waals surface area contributed by atoms with Gasteiger partial charge in [-0.1, -0.05) is 0 Å². The highest BCUT2D eigenvalue weighted by Crippen LogP contribution is 2.14. The first-order valence-electron chi connectivity index (χ1n) is 4.58. The third kappa shape index (κ3) is 6.49. The lowest BCUT2D eigenvalue weighted by Crippen LogP contribution is -2.27. The third-order valence-corrected chi connectivity index (χ3v) is 1.52. The molecule has 0 unspecified atom stereocenters. The molecule has 0 bridgehead atoms. The quantitative estimate of drug-likeness (QED) is 0.712. The number of ether oxygens (including phenoxy) is 1. The standard InChI is InChI=1S/C10H15NO4/c1-10(2,3)15-8(12)6-7(4-5-11)9(13)14/h7H,4,6H2,1-3H3,(H,13,14)/t7-/m1/s1. The van der Waals surface area contributed by atoms with Crippen LogP contribution in [0.15, 0.2) is 0 Å². The van der Waals surface area contributed by atoms with Crippen molar-refractivity contribution in [2.45, 2.75) is 39.2 Å². The maximum Gasteiger partial charge on any atom is 0.308 e. The molecule has 0 aliphatic rings. The first-order chi connectivity index (χ1) is 6.76. The summed E-state index contributed by atoms with van der Waals surface area (Å²) in [7, 11) is 0. The van der Waals surface area contributed by atoms with E-state index in [4.69, 9.17) is 15.1 Å². The van der Waals surface area contributed by atoms with Gasteiger partial charge in [0.25, 0.3) is 0 Å². The molecule has 0 spiro atoms. The first kappa shape index (κ1) is 13.4. The lowest BCUT2D eigenvalue weighted by Gasteiger charge is -2.20. The van der Waals surface area contributed by atoms with Gasteiger partial charge in [-0.3, -0.25) is 9.59 Å². The Kier molecular flexibility index (Phi) is 4.79. The zero-order valence-electron chi connectivity index (χ0n) is 9.11. The van der Waals surface area contributed by atoms with Crippen LogP contribution < -0.4 is 0 Å². The molecule has 15 heavy (non-hydrogen) atoms. The van der Waals surface area contributed by atoms with Crippen molar-refractivity contribution < 1.29 is 19.4 Å². The van der Waals surface area contributed by atoms with Crippen LogP contribution in [0.25, 0.3) is 0 Å². The first-order valence-corrected chi connectivity index (χ1v) is 4.58. The SMILES string of the molecule is CC(C)(C)OC(=O)C[C@@H](CC#N)C(=O)O. The molecule has 0 saturated carbocycles. The summed E-state index contributed by atoms with van der Waals surface area (Å²) in [6, 6.07) is 1.73. The van der Waals surface area contributed by atoms with Crippen molar-refractivity contribution in [3.63, 3.8) is 0 Å². The molecule has 0 aliphatic carbocycles. The average Bonchev–Trinajstić information content (AvgIpc) is 1.99. The van der Waals surface area contributed by atoms with Gasteiger partial charge in [-0.25, -0.2) is 0 Å². The molecule has 0 fully saturated rings. The van der Waals surface area contributed by atoms with Crippen LogP contribution in [0.3, 0.4) is 0 Å². The van der Waals surface area contributed by atoms with Crippen LogP contribution >= 0.6 is 0 Å². The van der Waals surface area contributed by atoms with E-state index in [1.165, 1.54) is 0 Å². The van der Waals surface area contributed by atoms with Crippen molar-refractivity contribution in [3.05, 3.63) is 0 Å². The number of nitriles is 1. The van der Waals surface area contributed by atoms with Crippen LogP contribution in [-0.4, -0.2) is 22.6 Å². The molecule has 0 aromatic carbocycles. The molecule has 0 saturated heterocycles. The number of carbonyl (C=O) groups excluding carboxylic acids is 1. The van der Waals surface area contributed by atoms with E-state index < -0.39 is 23.5 Å². The summed E-state index contributed by atoms with van der Waals surface area (Å²) in [6.07, 6.45) is -0.450. The number of esters is 1. The van der Waals surface area contributed by atoms with Gasteiger partial charge in [0, 0.05) is 6.42 Å². The highest BCUT2D eigenvalue weighted by molar-refractivity contribution is 5.79. The Labute approximate surface area is 88.6 Å². The number of nitrogens with zero attached hydrogens (tertiary/aromatic N) is 1. The number of hydrogen-bond donors (Lipinski definition) is 1. The third-order valence-electron chi connectivity index (χ3n) is 1.52. The number of carboxylic acids is 1. The topological polar surface area (TPSA) is 87.4 Å². The van der Waals surface area contributed by atoms with Crippen LogP contribution in [0, 0.1) is 17.2 Å². The molecule has 1 N–H and O–H groups in total. The Morgan fingerprint density at radius 3 is 2.33 bits per heavy atom. The van der Waals surface area contributed by atoms with Gasteiger partial charge in [0.15, 0.2) is 0 Å². The van der Waals surface area contributed by atoms with Gasteiger partial charge in [-0.15, -0.1) is 0 Å². The van der Waals surface area contributed by atoms with Crippen LogP contribution in [0.1, 0.15) is 33.6 Å². The predicted molar refractivity (Wildman–Crippen MR) is 51.8 cm³/mol. The monoisotopic (exact) mass is 213 g/mol. The van der Waals surface area contributed by atoms with Crippen molar-refractivity contribution in [3.8, 4) is 6.07 Å². The largest absolute Gasteiger partial charge is 0.481 e. The van der Waals surface area contributed by atoms with E-state index in [0.29, 0.717) is 0 Å². The molecule has 0 aromatic heterocycles. The van der Waals surface area contributed by atoms with Gasteiger partial charge < -0.3 is 9.84 Å². The molecule has 5 heteroatoms. The second-order valence-corrected chi connectivity index (χ2v) is 4.19. The number of hydrogen-bond acceptors (Lipinski definition) is 4. The van der Waals surface area contributed by atoms with Crippen LogP contribution in [0.4, 0.5) is 0 Å². The maximum atomic E-state index is 11.3. The number of rotatable bonds is 4. The van der Waals surface area contributed by atoms with Crippen molar-refractivity contribution in [1.82, 2.24) is 0 Å². The van der Waals surface area contributed by atoms with E-state index >= 15 is 0 Å². The number of aliphatic carboxylic acids is 1. The van der Waals surface area contributed by atoms with Gasteiger partial charge in [0.2, 0.25) is 0 Å². The second kappa shape index (κ2) is 5.35. The summed E-state index contributed by atoms with van der Waals surface area (Å²) < 4.78 is 4.95. The summed E-state index contributed by atoms with van der Waals surface area (Å²) >= 11 is 0. The molecular weight excluding hydrogens is 198 g/mol. The fraction of sp³-hybridized carbons (Fsp3) is 0.700. The fourth-order valence-electron chi connectivity index (χ4n) is 0.941. The van der Waals surface area contributed by atoms with Gasteiger partial charge in [-0.2, -0.15) is 5.26 Å². The zero-order valence-corrected chi connectivity index (χ0v) is 9.11. The van der Waals surface area contributed by atoms with E-state index in [1.54, 1.807) is 26.8 Å². The lowest BCUT2D eigenvalue weighted by atomic mass is 10.0. The Bertz CT molecular complexity index is 285. The van der Waals surface area contributed by atoms with Gasteiger partial charge in [0.05, 0.1) is 18.4 Å². The molecular formula is C10H15NO4. The minimum atomic E-state index is -1.15. The second-order valence-electron chi connectivity index (χ2n) is 4.19. The van der Waals surface area contributed by atoms with Gasteiger partial charge in [0.1, 0.15) is 5.60 Å². The van der Waals surface area contributed by atoms with E-state index in [2.05, 4.69) is 0 Å². The zero-order chi connectivity index (χ0) is 12.1. The minimum absolute atomic E-state index is 0.186. The predicted octanol–water partition coefficient (Wildman–Crippen LogP) is 1.33. The molecule has 0 heterocycles. The van der Waals surface area contributed by atoms with E-state index in [0.717, 1.165) is 0 Å². The summed E-state index contributed by atoms with van der Waals surface area (Å²) in [6.45, 7) is 5.10. The van der Waals surface area contributed by atoms with Gasteiger partial charge >= 0.3 is 11.9 Å². The van der Waals surface area contributed by atoms with Crippen LogP contribution in [-0.2, 0) is 14.3 Å². The molecule has 0 rings (SSSR count). The summed E-state index contributed by atoms with van der Waals surface area (Å²) in [5.41, 5.74) is -0.632. The Hall–Kier alpha value is -1.57. The number of carboxylic acid groups (broad SMARTS) is 1. The van der Waals surface area contributed by atoms with Crippen molar-refractivity contribution in [1.29, 1.82) is 5.26 Å². The Morgan fingerprint density at radius 2 is 2.00 bits per heavy atom. The van der Waals surface area contributed by atoms with Crippen molar-refractivity contribution in [2.24, 2.45) is 5.92 Å². The molecule has 0 radical (unpaired) electrons.